The number of carbonyl (C=O) groups excluding carboxylic acids is 4. The fourth-order valence-corrected chi connectivity index (χ4v) is 9.36. The number of phenolic OH excluding ortho intramolecular Hbond substituents is 1. The summed E-state index contributed by atoms with van der Waals surface area (Å²) < 4.78 is 6.37. The van der Waals surface area contributed by atoms with Crippen LogP contribution in [0.1, 0.15) is 29.9 Å². The zero-order valence-corrected chi connectivity index (χ0v) is 28.1. The second-order valence-corrected chi connectivity index (χ2v) is 14.0. The molecule has 2 saturated heterocycles. The maximum atomic E-state index is 15.3. The van der Waals surface area contributed by atoms with Crippen LogP contribution in [0, 0.1) is 23.7 Å². The van der Waals surface area contributed by atoms with Gasteiger partial charge in [-0.2, -0.15) is 0 Å². The van der Waals surface area contributed by atoms with E-state index in [4.69, 9.17) is 16.3 Å². The van der Waals surface area contributed by atoms with Gasteiger partial charge in [-0.15, -0.1) is 0 Å². The fourth-order valence-electron chi connectivity index (χ4n) is 8.22. The SMILES string of the molecule is COc1cc([C@H]2C3=CC[C@@H]4C(=O)N(C)C(=O)[C@@H]4[C@@H]3C[C@H]3C(=O)N(c4cccc(Cl)c4)C(=O)[C@@]23c2ccccc2)c(Br)c(Br)c1O. The normalized spacial score (nSPS) is 29.0. The highest BCUT2D eigenvalue weighted by atomic mass is 79.9. The lowest BCUT2D eigenvalue weighted by Gasteiger charge is -2.51. The van der Waals surface area contributed by atoms with E-state index in [-0.39, 0.29) is 29.7 Å². The number of amides is 4. The Bertz CT molecular complexity index is 1850. The Balaban J connectivity index is 1.56. The van der Waals surface area contributed by atoms with Gasteiger partial charge in [0.25, 0.3) is 0 Å². The smallest absolute Gasteiger partial charge is 0.246 e. The number of imide groups is 2. The molecule has 4 amide bonds. The molecular formula is C34H27Br2ClN2O6. The van der Waals surface area contributed by atoms with Gasteiger partial charge in [0, 0.05) is 22.5 Å². The minimum atomic E-state index is -1.45. The van der Waals surface area contributed by atoms with Crippen LogP contribution in [0.25, 0.3) is 0 Å². The first-order valence-electron chi connectivity index (χ1n) is 14.5. The molecule has 4 aliphatic rings. The third-order valence-electron chi connectivity index (χ3n) is 10.1. The Morgan fingerprint density at radius 1 is 0.933 bits per heavy atom. The first kappa shape index (κ1) is 30.2. The predicted molar refractivity (Wildman–Crippen MR) is 174 cm³/mol. The zero-order valence-electron chi connectivity index (χ0n) is 24.2. The number of halogens is 3. The molecule has 1 N–H and O–H groups in total. The molecule has 6 atom stereocenters. The Kier molecular flexibility index (Phi) is 7.26. The highest BCUT2D eigenvalue weighted by Crippen LogP contribution is 2.65. The van der Waals surface area contributed by atoms with Crippen molar-refractivity contribution in [2.45, 2.75) is 24.2 Å². The summed E-state index contributed by atoms with van der Waals surface area (Å²) in [4.78, 5) is 59.2. The number of ether oxygens (including phenoxy) is 1. The number of allylic oxidation sites excluding steroid dienone is 2. The molecule has 0 bridgehead atoms. The van der Waals surface area contributed by atoms with Gasteiger partial charge in [-0.25, -0.2) is 4.90 Å². The lowest BCUT2D eigenvalue weighted by Crippen LogP contribution is -2.53. The van der Waals surface area contributed by atoms with Crippen molar-refractivity contribution >= 4 is 72.8 Å². The molecule has 0 radical (unpaired) electrons. The molecule has 8 nitrogen and oxygen atoms in total. The summed E-state index contributed by atoms with van der Waals surface area (Å²) in [5.74, 6) is -4.65. The van der Waals surface area contributed by atoms with E-state index in [9.17, 15) is 19.5 Å². The monoisotopic (exact) mass is 752 g/mol. The van der Waals surface area contributed by atoms with Crippen LogP contribution in [-0.4, -0.2) is 47.8 Å². The molecule has 2 aliphatic heterocycles. The Morgan fingerprint density at radius 3 is 2.36 bits per heavy atom. The molecule has 2 heterocycles. The first-order valence-corrected chi connectivity index (χ1v) is 16.5. The van der Waals surface area contributed by atoms with Crippen LogP contribution >= 0.6 is 43.5 Å². The van der Waals surface area contributed by atoms with Crippen LogP contribution < -0.4 is 9.64 Å². The average Bonchev–Trinajstić information content (AvgIpc) is 3.41. The highest BCUT2D eigenvalue weighted by molar-refractivity contribution is 9.13. The summed E-state index contributed by atoms with van der Waals surface area (Å²) in [5, 5.41) is 11.3. The molecule has 0 unspecified atom stereocenters. The number of phenols is 1. The van der Waals surface area contributed by atoms with Gasteiger partial charge >= 0.3 is 0 Å². The third kappa shape index (κ3) is 4.07. The van der Waals surface area contributed by atoms with Crippen LogP contribution in [0.5, 0.6) is 11.5 Å². The van der Waals surface area contributed by atoms with E-state index in [2.05, 4.69) is 31.9 Å². The lowest BCUT2D eigenvalue weighted by atomic mass is 9.49. The number of hydrogen-bond donors (Lipinski definition) is 1. The van der Waals surface area contributed by atoms with Crippen molar-refractivity contribution in [2.24, 2.45) is 23.7 Å². The van der Waals surface area contributed by atoms with Gasteiger partial charge in [-0.3, -0.25) is 24.1 Å². The van der Waals surface area contributed by atoms with Crippen LogP contribution in [0.3, 0.4) is 0 Å². The topological polar surface area (TPSA) is 104 Å². The van der Waals surface area contributed by atoms with E-state index in [1.807, 2.05) is 36.4 Å². The van der Waals surface area contributed by atoms with Crippen molar-refractivity contribution in [3.05, 3.63) is 97.4 Å². The second-order valence-electron chi connectivity index (χ2n) is 12.0. The fraction of sp³-hybridized carbons (Fsp3) is 0.294. The van der Waals surface area contributed by atoms with E-state index in [0.717, 1.165) is 5.57 Å². The van der Waals surface area contributed by atoms with E-state index >= 15 is 4.79 Å². The maximum Gasteiger partial charge on any atom is 0.246 e. The zero-order chi connectivity index (χ0) is 31.9. The Hall–Kier alpha value is -3.47. The quantitative estimate of drug-likeness (QED) is 0.245. The van der Waals surface area contributed by atoms with Crippen LogP contribution in [0.4, 0.5) is 5.69 Å². The molecule has 0 spiro atoms. The van der Waals surface area contributed by atoms with E-state index in [0.29, 0.717) is 37.2 Å². The number of carbonyl (C=O) groups is 4. The summed E-state index contributed by atoms with van der Waals surface area (Å²) in [6, 6.07) is 17.6. The van der Waals surface area contributed by atoms with Crippen LogP contribution in [-0.2, 0) is 24.6 Å². The summed E-state index contributed by atoms with van der Waals surface area (Å²) in [5.41, 5.74) is 0.954. The molecule has 3 aromatic carbocycles. The number of benzene rings is 3. The van der Waals surface area contributed by atoms with E-state index < -0.39 is 46.8 Å². The highest BCUT2D eigenvalue weighted by Gasteiger charge is 2.70. The Morgan fingerprint density at radius 2 is 1.67 bits per heavy atom. The van der Waals surface area contributed by atoms with Gasteiger partial charge in [0.05, 0.1) is 40.4 Å². The predicted octanol–water partition coefficient (Wildman–Crippen LogP) is 6.37. The molecule has 1 saturated carbocycles. The number of aromatic hydroxyl groups is 1. The third-order valence-corrected chi connectivity index (χ3v) is 12.5. The minimum absolute atomic E-state index is 0.129. The average molecular weight is 755 g/mol. The van der Waals surface area contributed by atoms with Crippen LogP contribution in [0.15, 0.2) is 81.3 Å². The van der Waals surface area contributed by atoms with Gasteiger partial charge in [0.1, 0.15) is 0 Å². The number of hydrogen-bond acceptors (Lipinski definition) is 6. The minimum Gasteiger partial charge on any atom is -0.503 e. The summed E-state index contributed by atoms with van der Waals surface area (Å²) in [6.45, 7) is 0. The molecule has 230 valence electrons. The van der Waals surface area contributed by atoms with Gasteiger partial charge in [-0.05, 0) is 86.0 Å². The van der Waals surface area contributed by atoms with Crippen molar-refractivity contribution < 1.29 is 29.0 Å². The molecule has 3 aromatic rings. The van der Waals surface area contributed by atoms with Gasteiger partial charge in [-0.1, -0.05) is 59.6 Å². The van der Waals surface area contributed by atoms with E-state index in [1.165, 1.54) is 24.0 Å². The second kappa shape index (κ2) is 10.8. The number of rotatable bonds is 4. The van der Waals surface area contributed by atoms with Gasteiger partial charge < -0.3 is 9.84 Å². The van der Waals surface area contributed by atoms with Gasteiger partial charge in [0.15, 0.2) is 11.5 Å². The van der Waals surface area contributed by atoms with Crippen molar-refractivity contribution in [1.29, 1.82) is 0 Å². The van der Waals surface area contributed by atoms with Crippen molar-refractivity contribution in [2.75, 3.05) is 19.1 Å². The lowest BCUT2D eigenvalue weighted by molar-refractivity contribution is -0.138. The largest absolute Gasteiger partial charge is 0.503 e. The molecular weight excluding hydrogens is 728 g/mol. The molecule has 3 fully saturated rings. The molecule has 11 heteroatoms. The van der Waals surface area contributed by atoms with Crippen molar-refractivity contribution in [3.8, 4) is 11.5 Å². The van der Waals surface area contributed by atoms with Gasteiger partial charge in [0.2, 0.25) is 23.6 Å². The van der Waals surface area contributed by atoms with Crippen molar-refractivity contribution in [1.82, 2.24) is 4.90 Å². The van der Waals surface area contributed by atoms with Crippen LogP contribution in [0.2, 0.25) is 5.02 Å². The Labute approximate surface area is 281 Å². The summed E-state index contributed by atoms with van der Waals surface area (Å²) in [7, 11) is 2.94. The number of fused-ring (bicyclic) bond motifs is 4. The molecule has 7 rings (SSSR count). The van der Waals surface area contributed by atoms with Crippen molar-refractivity contribution in [3.63, 3.8) is 0 Å². The molecule has 2 aliphatic carbocycles. The van der Waals surface area contributed by atoms with E-state index in [1.54, 1.807) is 30.3 Å². The number of nitrogens with zero attached hydrogens (tertiary/aromatic N) is 2. The molecule has 45 heavy (non-hydrogen) atoms. The summed E-state index contributed by atoms with van der Waals surface area (Å²) >= 11 is 13.5. The first-order chi connectivity index (χ1) is 21.5. The molecule has 0 aromatic heterocycles. The maximum absolute atomic E-state index is 15.3. The standard InChI is InChI=1S/C34H27Br2ClN2O6/c1-38-30(41)20-12-11-19-21(25(20)32(38)43)14-23-31(42)39(18-10-6-9-17(37)13-18)33(44)34(23,16-7-4-3-5-8-16)26(19)22-15-24(45-2)29(40)28(36)27(22)35/h3-11,13,15,20-21,23,25-26,40H,12,14H2,1-2H3/t20-,21+,23-,25-,26+,34+/m0/s1. The number of anilines is 1. The number of methoxy groups -OCH3 is 1. The summed E-state index contributed by atoms with van der Waals surface area (Å²) in [6.07, 6.45) is 2.51. The number of likely N-dealkylation sites (tertiary alicyclic amines) is 1.